The molecule has 0 aromatic rings. The predicted octanol–water partition coefficient (Wildman–Crippen LogP) is 2.59. The van der Waals surface area contributed by atoms with Gasteiger partial charge in [-0.15, -0.1) is 0 Å². The van der Waals surface area contributed by atoms with Crippen molar-refractivity contribution in [2.75, 3.05) is 31.1 Å². The maximum atomic E-state index is 3.79. The molecule has 0 bridgehead atoms. The molecule has 2 nitrogen and oxygen atoms in total. The molecule has 17 heavy (non-hydrogen) atoms. The summed E-state index contributed by atoms with van der Waals surface area (Å²) in [6.07, 6.45) is 5.69. The zero-order valence-corrected chi connectivity index (χ0v) is 12.3. The van der Waals surface area contributed by atoms with E-state index in [4.69, 9.17) is 0 Å². The van der Waals surface area contributed by atoms with Crippen molar-refractivity contribution in [3.05, 3.63) is 0 Å². The van der Waals surface area contributed by atoms with E-state index in [2.05, 4.69) is 35.8 Å². The molecule has 1 saturated carbocycles. The van der Waals surface area contributed by atoms with Crippen LogP contribution in [0.15, 0.2) is 0 Å². The van der Waals surface area contributed by atoms with Gasteiger partial charge in [0.05, 0.1) is 0 Å². The predicted molar refractivity (Wildman–Crippen MR) is 77.8 cm³/mol. The minimum Gasteiger partial charge on any atom is -0.312 e. The van der Waals surface area contributed by atoms with Gasteiger partial charge in [-0.1, -0.05) is 19.8 Å². The van der Waals surface area contributed by atoms with Crippen LogP contribution in [0, 0.1) is 5.92 Å². The summed E-state index contributed by atoms with van der Waals surface area (Å²) in [5.74, 6) is 3.53. The van der Waals surface area contributed by atoms with Crippen molar-refractivity contribution in [1.82, 2.24) is 10.2 Å². The van der Waals surface area contributed by atoms with E-state index in [0.29, 0.717) is 0 Å². The van der Waals surface area contributed by atoms with Crippen molar-refractivity contribution in [2.45, 2.75) is 51.6 Å². The second-order valence-corrected chi connectivity index (χ2v) is 6.93. The third-order valence-electron chi connectivity index (χ3n) is 4.42. The molecule has 0 radical (unpaired) electrons. The van der Waals surface area contributed by atoms with Crippen molar-refractivity contribution in [3.63, 3.8) is 0 Å². The Balaban J connectivity index is 1.64. The van der Waals surface area contributed by atoms with E-state index in [9.17, 15) is 0 Å². The summed E-state index contributed by atoms with van der Waals surface area (Å²) in [5.41, 5.74) is 0. The number of hydrogen-bond donors (Lipinski definition) is 1. The van der Waals surface area contributed by atoms with Gasteiger partial charge in [-0.05, 0) is 25.7 Å². The Bertz CT molecular complexity index is 200. The first-order valence-corrected chi connectivity index (χ1v) is 8.48. The second kappa shape index (κ2) is 7.01. The lowest BCUT2D eigenvalue weighted by Crippen LogP contribution is -2.46. The minimum atomic E-state index is 0.777. The fourth-order valence-corrected chi connectivity index (χ4v) is 4.19. The summed E-state index contributed by atoms with van der Waals surface area (Å²) in [5, 5.41) is 3.79. The van der Waals surface area contributed by atoms with E-state index in [1.807, 2.05) is 0 Å². The van der Waals surface area contributed by atoms with Gasteiger partial charge in [-0.25, -0.2) is 0 Å². The zero-order chi connectivity index (χ0) is 12.1. The highest BCUT2D eigenvalue weighted by Crippen LogP contribution is 2.23. The van der Waals surface area contributed by atoms with Crippen molar-refractivity contribution >= 4 is 11.8 Å². The second-order valence-electron chi connectivity index (χ2n) is 5.78. The van der Waals surface area contributed by atoms with Gasteiger partial charge in [-0.3, -0.25) is 4.90 Å². The molecular weight excluding hydrogens is 228 g/mol. The number of thioether (sulfide) groups is 1. The Kier molecular flexibility index (Phi) is 5.64. The maximum Gasteiger partial charge on any atom is 0.0158 e. The molecular formula is C14H28N2S. The average molecular weight is 256 g/mol. The molecule has 1 saturated heterocycles. The standard InChI is InChI=1S/C14H28N2S/c1-12-5-3-4-6-14(12)15-7-8-16-9-10-17-11-13(16)2/h12-15H,3-11H2,1-2H3. The minimum absolute atomic E-state index is 0.777. The molecule has 100 valence electrons. The van der Waals surface area contributed by atoms with Crippen LogP contribution in [-0.2, 0) is 0 Å². The van der Waals surface area contributed by atoms with Gasteiger partial charge in [0.2, 0.25) is 0 Å². The number of rotatable bonds is 4. The third kappa shape index (κ3) is 4.15. The third-order valence-corrected chi connectivity index (χ3v) is 5.61. The summed E-state index contributed by atoms with van der Waals surface area (Å²) in [6.45, 7) is 8.50. The highest BCUT2D eigenvalue weighted by atomic mass is 32.2. The Morgan fingerprint density at radius 3 is 2.82 bits per heavy atom. The van der Waals surface area contributed by atoms with Crippen molar-refractivity contribution < 1.29 is 0 Å². The lowest BCUT2D eigenvalue weighted by molar-refractivity contribution is 0.215. The normalized spacial score (nSPS) is 36.0. The highest BCUT2D eigenvalue weighted by molar-refractivity contribution is 7.99. The summed E-state index contributed by atoms with van der Waals surface area (Å²) in [6, 6.07) is 1.57. The number of nitrogens with one attached hydrogen (secondary N) is 1. The quantitative estimate of drug-likeness (QED) is 0.832. The molecule has 1 aliphatic carbocycles. The molecule has 0 aromatic heterocycles. The number of hydrogen-bond acceptors (Lipinski definition) is 3. The summed E-state index contributed by atoms with van der Waals surface area (Å²) in [4.78, 5) is 2.65. The van der Waals surface area contributed by atoms with Crippen LogP contribution in [0.5, 0.6) is 0 Å². The van der Waals surface area contributed by atoms with Crippen LogP contribution in [0.25, 0.3) is 0 Å². The van der Waals surface area contributed by atoms with Crippen molar-refractivity contribution in [3.8, 4) is 0 Å². The average Bonchev–Trinajstić information content (AvgIpc) is 2.34. The van der Waals surface area contributed by atoms with Crippen molar-refractivity contribution in [2.24, 2.45) is 5.92 Å². The van der Waals surface area contributed by atoms with E-state index in [1.165, 1.54) is 56.8 Å². The smallest absolute Gasteiger partial charge is 0.0158 e. The molecule has 2 fully saturated rings. The van der Waals surface area contributed by atoms with Crippen LogP contribution in [0.2, 0.25) is 0 Å². The summed E-state index contributed by atoms with van der Waals surface area (Å²) in [7, 11) is 0. The van der Waals surface area contributed by atoms with E-state index in [1.54, 1.807) is 0 Å². The molecule has 1 heterocycles. The Labute approximate surface area is 111 Å². The molecule has 2 aliphatic rings. The van der Waals surface area contributed by atoms with E-state index in [-0.39, 0.29) is 0 Å². The molecule has 1 aliphatic heterocycles. The molecule has 3 heteroatoms. The van der Waals surface area contributed by atoms with Crippen LogP contribution in [0.1, 0.15) is 39.5 Å². The highest BCUT2D eigenvalue weighted by Gasteiger charge is 2.22. The van der Waals surface area contributed by atoms with Gasteiger partial charge in [0, 0.05) is 43.2 Å². The zero-order valence-electron chi connectivity index (χ0n) is 11.5. The molecule has 3 unspecified atom stereocenters. The lowest BCUT2D eigenvalue weighted by Gasteiger charge is -2.35. The van der Waals surface area contributed by atoms with Gasteiger partial charge in [0.15, 0.2) is 0 Å². The fourth-order valence-electron chi connectivity index (χ4n) is 3.11. The topological polar surface area (TPSA) is 15.3 Å². The first kappa shape index (κ1) is 13.7. The molecule has 1 N–H and O–H groups in total. The molecule has 0 aromatic carbocycles. The monoisotopic (exact) mass is 256 g/mol. The van der Waals surface area contributed by atoms with Gasteiger partial charge in [-0.2, -0.15) is 11.8 Å². The van der Waals surface area contributed by atoms with Gasteiger partial charge >= 0.3 is 0 Å². The Morgan fingerprint density at radius 1 is 1.24 bits per heavy atom. The molecule has 3 atom stereocenters. The molecule has 2 rings (SSSR count). The molecule has 0 spiro atoms. The summed E-state index contributed by atoms with van der Waals surface area (Å²) < 4.78 is 0. The van der Waals surface area contributed by atoms with Gasteiger partial charge in [0.1, 0.15) is 0 Å². The van der Waals surface area contributed by atoms with Crippen LogP contribution in [0.4, 0.5) is 0 Å². The lowest BCUT2D eigenvalue weighted by atomic mass is 9.86. The van der Waals surface area contributed by atoms with E-state index in [0.717, 1.165) is 18.0 Å². The SMILES string of the molecule is CC1CCCCC1NCCN1CCSCC1C. The van der Waals surface area contributed by atoms with Crippen LogP contribution < -0.4 is 5.32 Å². The molecule has 0 amide bonds. The van der Waals surface area contributed by atoms with E-state index < -0.39 is 0 Å². The van der Waals surface area contributed by atoms with Crippen LogP contribution >= 0.6 is 11.8 Å². The largest absolute Gasteiger partial charge is 0.312 e. The van der Waals surface area contributed by atoms with Crippen LogP contribution in [0.3, 0.4) is 0 Å². The first-order chi connectivity index (χ1) is 8.27. The maximum absolute atomic E-state index is 3.79. The first-order valence-electron chi connectivity index (χ1n) is 7.32. The Morgan fingerprint density at radius 2 is 2.06 bits per heavy atom. The van der Waals surface area contributed by atoms with Crippen LogP contribution in [-0.4, -0.2) is 48.1 Å². The van der Waals surface area contributed by atoms with Gasteiger partial charge < -0.3 is 5.32 Å². The fraction of sp³-hybridized carbons (Fsp3) is 1.00. The van der Waals surface area contributed by atoms with Gasteiger partial charge in [0.25, 0.3) is 0 Å². The van der Waals surface area contributed by atoms with E-state index >= 15 is 0 Å². The summed E-state index contributed by atoms with van der Waals surface area (Å²) >= 11 is 2.11. The Hall–Kier alpha value is 0.270. The number of nitrogens with zero attached hydrogens (tertiary/aromatic N) is 1. The van der Waals surface area contributed by atoms with Crippen molar-refractivity contribution in [1.29, 1.82) is 0 Å².